The first kappa shape index (κ1) is 15.9. The molecule has 0 spiro atoms. The normalized spacial score (nSPS) is 25.2. The maximum Gasteiger partial charge on any atom is 0.326 e. The van der Waals surface area contributed by atoms with E-state index in [2.05, 4.69) is 5.16 Å². The summed E-state index contributed by atoms with van der Waals surface area (Å²) in [6, 6.07) is 8.61. The molecule has 1 amide bonds. The molecule has 1 N–H and O–H groups in total. The van der Waals surface area contributed by atoms with Crippen LogP contribution in [0.2, 0.25) is 0 Å². The molecule has 0 bridgehead atoms. The number of amides is 1. The van der Waals surface area contributed by atoms with Crippen molar-refractivity contribution in [2.75, 3.05) is 6.54 Å². The third-order valence-corrected chi connectivity index (χ3v) is 5.47. The predicted octanol–water partition coefficient (Wildman–Crippen LogP) is 2.98. The van der Waals surface area contributed by atoms with Gasteiger partial charge in [0.25, 0.3) is 5.91 Å². The van der Waals surface area contributed by atoms with E-state index in [-0.39, 0.29) is 23.5 Å². The van der Waals surface area contributed by atoms with Crippen LogP contribution < -0.4 is 0 Å². The number of carboxylic acids is 1. The molecule has 6 nitrogen and oxygen atoms in total. The molecule has 2 aromatic rings. The molecule has 2 heterocycles. The molecule has 4 rings (SSSR count). The maximum atomic E-state index is 12.8. The molecule has 1 aliphatic carbocycles. The lowest BCUT2D eigenvalue weighted by atomic mass is 9.94. The summed E-state index contributed by atoms with van der Waals surface area (Å²) in [4.78, 5) is 26.0. The molecule has 130 valence electrons. The van der Waals surface area contributed by atoms with Gasteiger partial charge in [-0.15, -0.1) is 0 Å². The monoisotopic (exact) mass is 340 g/mol. The van der Waals surface area contributed by atoms with E-state index >= 15 is 0 Å². The largest absolute Gasteiger partial charge is 0.480 e. The summed E-state index contributed by atoms with van der Waals surface area (Å²) >= 11 is 0. The fraction of sp³-hybridized carbons (Fsp3) is 0.421. The van der Waals surface area contributed by atoms with E-state index in [0.29, 0.717) is 12.2 Å². The van der Waals surface area contributed by atoms with Gasteiger partial charge in [-0.3, -0.25) is 4.79 Å². The topological polar surface area (TPSA) is 83.6 Å². The van der Waals surface area contributed by atoms with Crippen LogP contribution in [0, 0.1) is 18.8 Å². The predicted molar refractivity (Wildman–Crippen MR) is 90.0 cm³/mol. The quantitative estimate of drug-likeness (QED) is 0.928. The van der Waals surface area contributed by atoms with Gasteiger partial charge >= 0.3 is 5.97 Å². The van der Waals surface area contributed by atoms with Gasteiger partial charge in [-0.1, -0.05) is 41.4 Å². The SMILES string of the molecule is Cc1ccc(-c2cc(C(=O)N3CC4CCCC4C3C(=O)O)on2)cc1. The van der Waals surface area contributed by atoms with Crippen molar-refractivity contribution in [3.63, 3.8) is 0 Å². The number of carboxylic acid groups (broad SMARTS) is 1. The van der Waals surface area contributed by atoms with Crippen molar-refractivity contribution in [2.24, 2.45) is 11.8 Å². The van der Waals surface area contributed by atoms with Gasteiger partial charge in [0.2, 0.25) is 5.76 Å². The standard InChI is InChI=1S/C19H20N2O4/c1-11-5-7-12(8-6-11)15-9-16(25-20-15)18(22)21-10-13-3-2-4-14(13)17(21)19(23)24/h5-9,13-14,17H,2-4,10H2,1H3,(H,23,24). The van der Waals surface area contributed by atoms with Crippen molar-refractivity contribution in [2.45, 2.75) is 32.2 Å². The summed E-state index contributed by atoms with van der Waals surface area (Å²) in [5.74, 6) is -0.874. The van der Waals surface area contributed by atoms with E-state index in [1.165, 1.54) is 4.90 Å². The lowest BCUT2D eigenvalue weighted by Gasteiger charge is -2.23. The molecular weight excluding hydrogens is 320 g/mol. The summed E-state index contributed by atoms with van der Waals surface area (Å²) in [6.45, 7) is 2.48. The molecule has 2 fully saturated rings. The number of benzene rings is 1. The summed E-state index contributed by atoms with van der Waals surface area (Å²) < 4.78 is 5.24. The van der Waals surface area contributed by atoms with Crippen LogP contribution in [0.5, 0.6) is 0 Å². The Morgan fingerprint density at radius 3 is 2.72 bits per heavy atom. The zero-order valence-electron chi connectivity index (χ0n) is 14.0. The highest BCUT2D eigenvalue weighted by Crippen LogP contribution is 2.42. The Bertz CT molecular complexity index is 811. The fourth-order valence-electron chi connectivity index (χ4n) is 4.21. The Kier molecular flexibility index (Phi) is 3.82. The minimum absolute atomic E-state index is 0.0564. The maximum absolute atomic E-state index is 12.8. The molecule has 3 atom stereocenters. The molecule has 25 heavy (non-hydrogen) atoms. The number of carbonyl (C=O) groups is 2. The summed E-state index contributed by atoms with van der Waals surface area (Å²) in [6.07, 6.45) is 2.90. The number of aryl methyl sites for hydroxylation is 1. The first-order valence-electron chi connectivity index (χ1n) is 8.62. The van der Waals surface area contributed by atoms with Gasteiger partial charge in [0.15, 0.2) is 0 Å². The number of aromatic nitrogens is 1. The van der Waals surface area contributed by atoms with Gasteiger partial charge in [0, 0.05) is 18.2 Å². The van der Waals surface area contributed by atoms with Gasteiger partial charge < -0.3 is 14.5 Å². The van der Waals surface area contributed by atoms with Crippen LogP contribution >= 0.6 is 0 Å². The molecule has 0 radical (unpaired) electrons. The van der Waals surface area contributed by atoms with E-state index in [4.69, 9.17) is 4.52 Å². The molecular formula is C19H20N2O4. The number of hydrogen-bond acceptors (Lipinski definition) is 4. The molecule has 1 saturated carbocycles. The van der Waals surface area contributed by atoms with Crippen LogP contribution in [0.15, 0.2) is 34.9 Å². The lowest BCUT2D eigenvalue weighted by Crippen LogP contribution is -2.43. The van der Waals surface area contributed by atoms with E-state index in [0.717, 1.165) is 30.4 Å². The molecule has 1 aliphatic heterocycles. The Morgan fingerprint density at radius 1 is 1.24 bits per heavy atom. The second-order valence-corrected chi connectivity index (χ2v) is 7.04. The van der Waals surface area contributed by atoms with Gasteiger partial charge in [-0.2, -0.15) is 0 Å². The smallest absolute Gasteiger partial charge is 0.326 e. The van der Waals surface area contributed by atoms with Crippen LogP contribution in [0.3, 0.4) is 0 Å². The van der Waals surface area contributed by atoms with Crippen molar-refractivity contribution < 1.29 is 19.2 Å². The average Bonchev–Trinajstić information content (AvgIpc) is 3.29. The second-order valence-electron chi connectivity index (χ2n) is 7.04. The van der Waals surface area contributed by atoms with Crippen LogP contribution in [-0.4, -0.2) is 39.6 Å². The van der Waals surface area contributed by atoms with Crippen LogP contribution in [0.4, 0.5) is 0 Å². The zero-order valence-corrected chi connectivity index (χ0v) is 14.0. The van der Waals surface area contributed by atoms with Crippen molar-refractivity contribution in [1.29, 1.82) is 0 Å². The molecule has 2 aliphatic rings. The average molecular weight is 340 g/mol. The Labute approximate surface area is 145 Å². The minimum Gasteiger partial charge on any atom is -0.480 e. The third-order valence-electron chi connectivity index (χ3n) is 5.47. The van der Waals surface area contributed by atoms with Gasteiger partial charge in [0.05, 0.1) is 0 Å². The first-order chi connectivity index (χ1) is 12.0. The highest BCUT2D eigenvalue weighted by Gasteiger charge is 2.50. The molecule has 1 aromatic carbocycles. The minimum atomic E-state index is -0.930. The number of rotatable bonds is 3. The van der Waals surface area contributed by atoms with E-state index < -0.39 is 12.0 Å². The number of hydrogen-bond donors (Lipinski definition) is 1. The van der Waals surface area contributed by atoms with Crippen LogP contribution in [-0.2, 0) is 4.79 Å². The number of carbonyl (C=O) groups excluding carboxylic acids is 1. The third kappa shape index (κ3) is 2.71. The Hall–Kier alpha value is -2.63. The van der Waals surface area contributed by atoms with Crippen molar-refractivity contribution in [3.05, 3.63) is 41.7 Å². The highest BCUT2D eigenvalue weighted by atomic mass is 16.5. The van der Waals surface area contributed by atoms with E-state index in [1.54, 1.807) is 6.07 Å². The zero-order chi connectivity index (χ0) is 17.6. The summed E-state index contributed by atoms with van der Waals surface area (Å²) in [5.41, 5.74) is 2.58. The molecule has 1 aromatic heterocycles. The molecule has 6 heteroatoms. The molecule has 3 unspecified atom stereocenters. The van der Waals surface area contributed by atoms with Gasteiger partial charge in [-0.05, 0) is 31.6 Å². The van der Waals surface area contributed by atoms with Gasteiger partial charge in [-0.25, -0.2) is 4.79 Å². The van der Waals surface area contributed by atoms with Crippen molar-refractivity contribution in [1.82, 2.24) is 10.1 Å². The van der Waals surface area contributed by atoms with E-state index in [9.17, 15) is 14.7 Å². The first-order valence-corrected chi connectivity index (χ1v) is 8.62. The Balaban J connectivity index is 1.59. The van der Waals surface area contributed by atoms with Gasteiger partial charge in [0.1, 0.15) is 11.7 Å². The lowest BCUT2D eigenvalue weighted by molar-refractivity contribution is -0.142. The highest BCUT2D eigenvalue weighted by molar-refractivity contribution is 5.95. The van der Waals surface area contributed by atoms with E-state index in [1.807, 2.05) is 31.2 Å². The van der Waals surface area contributed by atoms with Crippen molar-refractivity contribution >= 4 is 11.9 Å². The van der Waals surface area contributed by atoms with Crippen molar-refractivity contribution in [3.8, 4) is 11.3 Å². The summed E-state index contributed by atoms with van der Waals surface area (Å²) in [5, 5.41) is 13.6. The number of likely N-dealkylation sites (tertiary alicyclic amines) is 1. The number of nitrogens with zero attached hydrogens (tertiary/aromatic N) is 2. The van der Waals surface area contributed by atoms with Crippen LogP contribution in [0.1, 0.15) is 35.4 Å². The second kappa shape index (κ2) is 6.02. The summed E-state index contributed by atoms with van der Waals surface area (Å²) in [7, 11) is 0. The fourth-order valence-corrected chi connectivity index (χ4v) is 4.21. The number of fused-ring (bicyclic) bond motifs is 1. The number of aliphatic carboxylic acids is 1. The van der Waals surface area contributed by atoms with Crippen LogP contribution in [0.25, 0.3) is 11.3 Å². The molecule has 1 saturated heterocycles. The Morgan fingerprint density at radius 2 is 2.00 bits per heavy atom.